The molecule has 0 saturated heterocycles. The third-order valence-corrected chi connectivity index (χ3v) is 4.11. The second-order valence-corrected chi connectivity index (χ2v) is 5.94. The standard InChI is InChI=1S/C18H19ClN2O4/c1-11(12-6-7-14(17(22)23)15(19)9-12)21-16(18(24)25-2)10-13-5-3-4-8-20-13/h3-9,11,16,21H,10H2,1-2H3,(H,22,23). The van der Waals surface area contributed by atoms with E-state index in [-0.39, 0.29) is 16.6 Å². The third kappa shape index (κ3) is 5.01. The van der Waals surface area contributed by atoms with Crippen molar-refractivity contribution < 1.29 is 19.4 Å². The monoisotopic (exact) mass is 362 g/mol. The van der Waals surface area contributed by atoms with Crippen LogP contribution in [0.25, 0.3) is 0 Å². The van der Waals surface area contributed by atoms with Gasteiger partial charge in [-0.15, -0.1) is 0 Å². The van der Waals surface area contributed by atoms with Crippen molar-refractivity contribution in [3.05, 3.63) is 64.4 Å². The molecule has 2 atom stereocenters. The number of carboxylic acids is 1. The van der Waals surface area contributed by atoms with Crippen LogP contribution in [0.15, 0.2) is 42.6 Å². The van der Waals surface area contributed by atoms with Crippen molar-refractivity contribution in [2.45, 2.75) is 25.4 Å². The zero-order valence-electron chi connectivity index (χ0n) is 13.9. The Hall–Kier alpha value is -2.44. The number of esters is 1. The van der Waals surface area contributed by atoms with Crippen LogP contribution in [0.3, 0.4) is 0 Å². The lowest BCUT2D eigenvalue weighted by Crippen LogP contribution is -2.41. The SMILES string of the molecule is COC(=O)C(Cc1ccccn1)NC(C)c1ccc(C(=O)O)c(Cl)c1. The van der Waals surface area contributed by atoms with Gasteiger partial charge in [-0.05, 0) is 36.8 Å². The number of methoxy groups -OCH3 is 1. The molecule has 132 valence electrons. The molecule has 25 heavy (non-hydrogen) atoms. The zero-order chi connectivity index (χ0) is 18.4. The fourth-order valence-corrected chi connectivity index (χ4v) is 2.72. The van der Waals surface area contributed by atoms with Gasteiger partial charge in [-0.2, -0.15) is 0 Å². The average Bonchev–Trinajstić information content (AvgIpc) is 2.60. The second kappa shape index (κ2) is 8.60. The number of carbonyl (C=O) groups excluding carboxylic acids is 1. The number of benzene rings is 1. The molecule has 0 bridgehead atoms. The van der Waals surface area contributed by atoms with Crippen molar-refractivity contribution in [1.82, 2.24) is 10.3 Å². The first-order chi connectivity index (χ1) is 11.9. The Kier molecular flexibility index (Phi) is 6.50. The van der Waals surface area contributed by atoms with Gasteiger partial charge in [0.15, 0.2) is 0 Å². The minimum absolute atomic E-state index is 0.0376. The predicted molar refractivity (Wildman–Crippen MR) is 93.7 cm³/mol. The molecule has 0 radical (unpaired) electrons. The Morgan fingerprint density at radius 2 is 2.08 bits per heavy atom. The van der Waals surface area contributed by atoms with Crippen LogP contribution in [0.1, 0.15) is 34.6 Å². The number of hydrogen-bond donors (Lipinski definition) is 2. The number of nitrogens with one attached hydrogen (secondary N) is 1. The van der Waals surface area contributed by atoms with Crippen LogP contribution in [0.2, 0.25) is 5.02 Å². The van der Waals surface area contributed by atoms with E-state index >= 15 is 0 Å². The van der Waals surface area contributed by atoms with Crippen LogP contribution in [-0.4, -0.2) is 35.2 Å². The fourth-order valence-electron chi connectivity index (χ4n) is 2.45. The first kappa shape index (κ1) is 18.9. The lowest BCUT2D eigenvalue weighted by molar-refractivity contribution is -0.143. The van der Waals surface area contributed by atoms with E-state index in [2.05, 4.69) is 10.3 Å². The second-order valence-electron chi connectivity index (χ2n) is 5.53. The van der Waals surface area contributed by atoms with Crippen molar-refractivity contribution in [3.63, 3.8) is 0 Å². The number of nitrogens with zero attached hydrogens (tertiary/aromatic N) is 1. The van der Waals surface area contributed by atoms with Gasteiger partial charge in [0.1, 0.15) is 6.04 Å². The van der Waals surface area contributed by atoms with Gasteiger partial charge in [0.05, 0.1) is 17.7 Å². The Morgan fingerprint density at radius 1 is 1.32 bits per heavy atom. The highest BCUT2D eigenvalue weighted by Crippen LogP contribution is 2.22. The number of carbonyl (C=O) groups is 2. The molecule has 0 aliphatic heterocycles. The Bertz CT molecular complexity index is 752. The van der Waals surface area contributed by atoms with E-state index in [0.717, 1.165) is 11.3 Å². The molecular weight excluding hydrogens is 344 g/mol. The minimum Gasteiger partial charge on any atom is -0.478 e. The summed E-state index contributed by atoms with van der Waals surface area (Å²) in [6.07, 6.45) is 2.04. The maximum Gasteiger partial charge on any atom is 0.337 e. The summed E-state index contributed by atoms with van der Waals surface area (Å²) in [5, 5.41) is 12.4. The van der Waals surface area contributed by atoms with E-state index in [1.165, 1.54) is 13.2 Å². The van der Waals surface area contributed by atoms with Gasteiger partial charge >= 0.3 is 11.9 Å². The van der Waals surface area contributed by atoms with E-state index in [1.54, 1.807) is 24.4 Å². The number of carboxylic acid groups (broad SMARTS) is 1. The largest absolute Gasteiger partial charge is 0.478 e. The highest BCUT2D eigenvalue weighted by atomic mass is 35.5. The normalized spacial score (nSPS) is 13.1. The van der Waals surface area contributed by atoms with E-state index in [0.29, 0.717) is 6.42 Å². The summed E-state index contributed by atoms with van der Waals surface area (Å²) in [6, 6.07) is 9.36. The lowest BCUT2D eigenvalue weighted by Gasteiger charge is -2.22. The molecule has 2 rings (SSSR count). The summed E-state index contributed by atoms with van der Waals surface area (Å²) in [4.78, 5) is 27.3. The molecule has 2 unspecified atom stereocenters. The van der Waals surface area contributed by atoms with Crippen molar-refractivity contribution >= 4 is 23.5 Å². The van der Waals surface area contributed by atoms with Crippen LogP contribution in [0.5, 0.6) is 0 Å². The molecule has 1 heterocycles. The number of ether oxygens (including phenoxy) is 1. The summed E-state index contributed by atoms with van der Waals surface area (Å²) in [7, 11) is 1.33. The molecule has 0 amide bonds. The van der Waals surface area contributed by atoms with Gasteiger partial charge in [-0.1, -0.05) is 23.7 Å². The molecule has 1 aromatic carbocycles. The number of hydrogen-bond acceptors (Lipinski definition) is 5. The molecule has 0 fully saturated rings. The molecule has 0 saturated carbocycles. The van der Waals surface area contributed by atoms with Crippen LogP contribution in [0, 0.1) is 0 Å². The van der Waals surface area contributed by atoms with Crippen LogP contribution in [0.4, 0.5) is 0 Å². The highest BCUT2D eigenvalue weighted by Gasteiger charge is 2.23. The van der Waals surface area contributed by atoms with Gasteiger partial charge in [0.2, 0.25) is 0 Å². The Labute approximate surface area is 150 Å². The fraction of sp³-hybridized carbons (Fsp3) is 0.278. The predicted octanol–water partition coefficient (Wildman–Crippen LogP) is 2.87. The molecule has 0 spiro atoms. The Morgan fingerprint density at radius 3 is 2.64 bits per heavy atom. The van der Waals surface area contributed by atoms with Gasteiger partial charge in [0.25, 0.3) is 0 Å². The molecule has 2 N–H and O–H groups in total. The minimum atomic E-state index is -1.08. The topological polar surface area (TPSA) is 88.5 Å². The van der Waals surface area contributed by atoms with Crippen LogP contribution in [-0.2, 0) is 16.0 Å². The molecule has 0 aliphatic carbocycles. The maximum absolute atomic E-state index is 12.1. The van der Waals surface area contributed by atoms with E-state index in [4.69, 9.17) is 21.4 Å². The van der Waals surface area contributed by atoms with Crippen molar-refractivity contribution in [1.29, 1.82) is 0 Å². The molecule has 1 aromatic heterocycles. The summed E-state index contributed by atoms with van der Waals surface area (Å²) in [6.45, 7) is 1.86. The highest BCUT2D eigenvalue weighted by molar-refractivity contribution is 6.33. The zero-order valence-corrected chi connectivity index (χ0v) is 14.7. The smallest absolute Gasteiger partial charge is 0.337 e. The van der Waals surface area contributed by atoms with E-state index in [1.807, 2.05) is 19.1 Å². The van der Waals surface area contributed by atoms with Crippen LogP contribution < -0.4 is 5.32 Å². The molecular formula is C18H19ClN2O4. The van der Waals surface area contributed by atoms with Crippen molar-refractivity contribution in [3.8, 4) is 0 Å². The van der Waals surface area contributed by atoms with Gasteiger partial charge in [-0.25, -0.2) is 4.79 Å². The first-order valence-corrected chi connectivity index (χ1v) is 8.06. The van der Waals surface area contributed by atoms with Gasteiger partial charge < -0.3 is 9.84 Å². The van der Waals surface area contributed by atoms with Crippen molar-refractivity contribution in [2.24, 2.45) is 0 Å². The van der Waals surface area contributed by atoms with Crippen LogP contribution >= 0.6 is 11.6 Å². The van der Waals surface area contributed by atoms with E-state index < -0.39 is 18.0 Å². The summed E-state index contributed by atoms with van der Waals surface area (Å²) < 4.78 is 4.86. The number of aromatic carboxylic acids is 1. The molecule has 0 aliphatic rings. The molecule has 7 heteroatoms. The van der Waals surface area contributed by atoms with Gasteiger partial charge in [-0.3, -0.25) is 15.1 Å². The Balaban J connectivity index is 2.16. The first-order valence-electron chi connectivity index (χ1n) is 7.69. The quantitative estimate of drug-likeness (QED) is 0.736. The number of aromatic nitrogens is 1. The summed E-state index contributed by atoms with van der Waals surface area (Å²) >= 11 is 6.01. The molecule has 2 aromatic rings. The molecule has 6 nitrogen and oxygen atoms in total. The number of halogens is 1. The van der Waals surface area contributed by atoms with Gasteiger partial charge in [0, 0.05) is 24.4 Å². The maximum atomic E-state index is 12.1. The summed E-state index contributed by atoms with van der Waals surface area (Å²) in [5.74, 6) is -1.48. The number of rotatable bonds is 7. The number of pyridine rings is 1. The van der Waals surface area contributed by atoms with E-state index in [9.17, 15) is 9.59 Å². The summed E-state index contributed by atoms with van der Waals surface area (Å²) in [5.41, 5.74) is 1.57. The average molecular weight is 363 g/mol. The van der Waals surface area contributed by atoms with Crippen molar-refractivity contribution in [2.75, 3.05) is 7.11 Å². The third-order valence-electron chi connectivity index (χ3n) is 3.80. The lowest BCUT2D eigenvalue weighted by atomic mass is 10.0.